The van der Waals surface area contributed by atoms with Crippen molar-refractivity contribution in [3.05, 3.63) is 204 Å². The van der Waals surface area contributed by atoms with Crippen LogP contribution in [0.2, 0.25) is 0 Å². The molecule has 6 rings (SSSR count). The van der Waals surface area contributed by atoms with E-state index in [1.807, 2.05) is 6.07 Å². The molecule has 0 N–H and O–H groups in total. The van der Waals surface area contributed by atoms with Gasteiger partial charge in [-0.15, -0.1) is 0 Å². The van der Waals surface area contributed by atoms with Crippen LogP contribution in [0.25, 0.3) is 45.0 Å². The molecule has 0 spiro atoms. The summed E-state index contributed by atoms with van der Waals surface area (Å²) in [7, 11) is 0. The van der Waals surface area contributed by atoms with Gasteiger partial charge in [0.1, 0.15) is 0 Å². The van der Waals surface area contributed by atoms with Gasteiger partial charge in [0.15, 0.2) is 0 Å². The van der Waals surface area contributed by atoms with Gasteiger partial charge in [-0.2, -0.15) is 0 Å². The van der Waals surface area contributed by atoms with Crippen LogP contribution < -0.4 is 0 Å². The predicted molar refractivity (Wildman–Crippen MR) is 203 cm³/mol. The molecule has 1 heteroatoms. The third-order valence-corrected chi connectivity index (χ3v) is 8.25. The fourth-order valence-corrected chi connectivity index (χ4v) is 5.69. The number of hydrogen-bond donors (Lipinski definition) is 0. The van der Waals surface area contributed by atoms with Crippen LogP contribution in [0.1, 0.15) is 36.1 Å². The lowest BCUT2D eigenvalue weighted by Crippen LogP contribution is -1.95. The molecule has 0 radical (unpaired) electrons. The Labute approximate surface area is 279 Å². The second kappa shape index (κ2) is 15.5. The Hall–Kier alpha value is -5.79. The summed E-state index contributed by atoms with van der Waals surface area (Å²) in [5, 5.41) is 0. The highest BCUT2D eigenvalue weighted by Gasteiger charge is 2.06. The fraction of sp³-hybridized carbons (Fsp3) is 0.0652. The van der Waals surface area contributed by atoms with E-state index in [1.165, 1.54) is 55.6 Å². The molecule has 0 bridgehead atoms. The fourth-order valence-electron chi connectivity index (χ4n) is 5.69. The summed E-state index contributed by atoms with van der Waals surface area (Å²) < 4.78 is 0. The van der Waals surface area contributed by atoms with E-state index >= 15 is 0 Å². The highest BCUT2D eigenvalue weighted by molar-refractivity contribution is 5.98. The maximum Gasteiger partial charge on any atom is 0.0643 e. The van der Waals surface area contributed by atoms with Gasteiger partial charge >= 0.3 is 0 Å². The second-order valence-corrected chi connectivity index (χ2v) is 11.6. The van der Waals surface area contributed by atoms with Crippen molar-refractivity contribution in [2.45, 2.75) is 20.4 Å². The minimum absolute atomic E-state index is 0.669. The molecule has 0 saturated carbocycles. The first kappa shape index (κ1) is 31.2. The van der Waals surface area contributed by atoms with Gasteiger partial charge in [-0.25, -0.2) is 0 Å². The molecule has 47 heavy (non-hydrogen) atoms. The number of nitrogens with zero attached hydrogens (tertiary/aromatic N) is 1. The van der Waals surface area contributed by atoms with Crippen molar-refractivity contribution in [3.8, 4) is 33.4 Å². The molecule has 6 aromatic rings. The van der Waals surface area contributed by atoms with Crippen molar-refractivity contribution in [1.82, 2.24) is 0 Å². The van der Waals surface area contributed by atoms with Crippen LogP contribution in [0.4, 0.5) is 0 Å². The van der Waals surface area contributed by atoms with E-state index in [2.05, 4.69) is 196 Å². The van der Waals surface area contributed by atoms with Gasteiger partial charge in [0, 0.05) is 5.71 Å². The standard InChI is InChI=1S/C46H39N/c1-3-15-39(23-13-16-37-30-45(40-19-9-5-10-20-40)33-46(31-37)41-21-11-6-12-22-41)43-24-14-25-44(32-43)42-28-26-36(27-29-42)34-47-35(2)38-17-7-4-8-18-38/h3-33H,34H2,1-2H3/b15-3-,16-13+,39-23+,47-35?. The Kier molecular flexibility index (Phi) is 10.3. The minimum atomic E-state index is 0.669. The van der Waals surface area contributed by atoms with E-state index in [-0.39, 0.29) is 0 Å². The lowest BCUT2D eigenvalue weighted by Gasteiger charge is -2.09. The Morgan fingerprint density at radius 1 is 0.532 bits per heavy atom. The van der Waals surface area contributed by atoms with Crippen LogP contribution >= 0.6 is 0 Å². The van der Waals surface area contributed by atoms with Crippen LogP contribution in [-0.2, 0) is 6.54 Å². The molecule has 0 atom stereocenters. The van der Waals surface area contributed by atoms with Crippen LogP contribution in [-0.4, -0.2) is 5.71 Å². The quantitative estimate of drug-likeness (QED) is 0.109. The number of benzene rings is 6. The van der Waals surface area contributed by atoms with Crippen LogP contribution in [0, 0.1) is 0 Å². The highest BCUT2D eigenvalue weighted by Crippen LogP contribution is 2.30. The smallest absolute Gasteiger partial charge is 0.0643 e. The first-order valence-electron chi connectivity index (χ1n) is 16.2. The van der Waals surface area contributed by atoms with E-state index in [1.54, 1.807) is 0 Å². The zero-order valence-electron chi connectivity index (χ0n) is 27.1. The molecule has 228 valence electrons. The lowest BCUT2D eigenvalue weighted by atomic mass is 9.95. The largest absolute Gasteiger partial charge is 0.285 e. The molecular formula is C46H39N. The van der Waals surface area contributed by atoms with Gasteiger partial charge in [0.05, 0.1) is 6.54 Å². The third kappa shape index (κ3) is 8.28. The molecule has 0 fully saturated rings. The van der Waals surface area contributed by atoms with Gasteiger partial charge in [-0.3, -0.25) is 4.99 Å². The van der Waals surface area contributed by atoms with Crippen molar-refractivity contribution in [2.75, 3.05) is 0 Å². The van der Waals surface area contributed by atoms with E-state index in [9.17, 15) is 0 Å². The summed E-state index contributed by atoms with van der Waals surface area (Å²) in [5.41, 5.74) is 14.2. The molecule has 0 saturated heterocycles. The van der Waals surface area contributed by atoms with Gasteiger partial charge in [0.2, 0.25) is 0 Å². The van der Waals surface area contributed by atoms with Crippen molar-refractivity contribution < 1.29 is 0 Å². The molecule has 0 heterocycles. The molecule has 0 amide bonds. The Morgan fingerprint density at radius 3 is 1.70 bits per heavy atom. The number of aliphatic imine (C=N–C) groups is 1. The van der Waals surface area contributed by atoms with E-state index in [0.717, 1.165) is 11.3 Å². The number of allylic oxidation sites excluding steroid dienone is 5. The topological polar surface area (TPSA) is 12.4 Å². The highest BCUT2D eigenvalue weighted by atomic mass is 14.7. The summed E-state index contributed by atoms with van der Waals surface area (Å²) in [5.74, 6) is 0. The van der Waals surface area contributed by atoms with Crippen molar-refractivity contribution in [1.29, 1.82) is 0 Å². The van der Waals surface area contributed by atoms with Crippen LogP contribution in [0.5, 0.6) is 0 Å². The average Bonchev–Trinajstić information content (AvgIpc) is 3.15. The maximum absolute atomic E-state index is 4.81. The van der Waals surface area contributed by atoms with Gasteiger partial charge in [-0.05, 0) is 99.3 Å². The monoisotopic (exact) mass is 605 g/mol. The maximum atomic E-state index is 4.81. The Morgan fingerprint density at radius 2 is 1.09 bits per heavy atom. The summed E-state index contributed by atoms with van der Waals surface area (Å²) in [6, 6.07) is 55.9. The van der Waals surface area contributed by atoms with Gasteiger partial charge in [0.25, 0.3) is 0 Å². The molecule has 0 aliphatic rings. The van der Waals surface area contributed by atoms with Crippen LogP contribution in [0.15, 0.2) is 187 Å². The van der Waals surface area contributed by atoms with Gasteiger partial charge in [-0.1, -0.05) is 164 Å². The Bertz CT molecular complexity index is 1970. The molecule has 0 aromatic heterocycles. The van der Waals surface area contributed by atoms with Crippen molar-refractivity contribution in [3.63, 3.8) is 0 Å². The Balaban J connectivity index is 1.23. The van der Waals surface area contributed by atoms with Crippen LogP contribution in [0.3, 0.4) is 0 Å². The van der Waals surface area contributed by atoms with Gasteiger partial charge < -0.3 is 0 Å². The molecule has 1 nitrogen and oxygen atoms in total. The average molecular weight is 606 g/mol. The summed E-state index contributed by atoms with van der Waals surface area (Å²) in [6.45, 7) is 4.81. The normalized spacial score (nSPS) is 12.2. The minimum Gasteiger partial charge on any atom is -0.285 e. The zero-order chi connectivity index (χ0) is 32.3. The third-order valence-electron chi connectivity index (χ3n) is 8.25. The van der Waals surface area contributed by atoms with E-state index < -0.39 is 0 Å². The number of hydrogen-bond acceptors (Lipinski definition) is 1. The predicted octanol–water partition coefficient (Wildman–Crippen LogP) is 12.4. The first-order valence-corrected chi connectivity index (χ1v) is 16.2. The molecular weight excluding hydrogens is 567 g/mol. The summed E-state index contributed by atoms with van der Waals surface area (Å²) >= 11 is 0. The van der Waals surface area contributed by atoms with Crippen molar-refractivity contribution >= 4 is 17.4 Å². The molecule has 0 aliphatic carbocycles. The summed E-state index contributed by atoms with van der Waals surface area (Å²) in [4.78, 5) is 4.81. The number of rotatable bonds is 10. The molecule has 0 unspecified atom stereocenters. The zero-order valence-corrected chi connectivity index (χ0v) is 27.1. The summed E-state index contributed by atoms with van der Waals surface area (Å²) in [6.07, 6.45) is 10.8. The van der Waals surface area contributed by atoms with Crippen molar-refractivity contribution in [2.24, 2.45) is 4.99 Å². The first-order chi connectivity index (χ1) is 23.2. The SMILES string of the molecule is C\C=C/C(=C\C=C\c1cc(-c2ccccc2)cc(-c2ccccc2)c1)c1cccc(-c2ccc(CN=C(C)c3ccccc3)cc2)c1. The lowest BCUT2D eigenvalue weighted by molar-refractivity contribution is 1.07. The van der Waals surface area contributed by atoms with E-state index in [0.29, 0.717) is 6.54 Å². The molecule has 6 aromatic carbocycles. The molecule has 0 aliphatic heterocycles. The second-order valence-electron chi connectivity index (χ2n) is 11.6. The van der Waals surface area contributed by atoms with E-state index in [4.69, 9.17) is 4.99 Å².